The fourth-order valence-electron chi connectivity index (χ4n) is 3.90. The first kappa shape index (κ1) is 20.8. The molecule has 3 aromatic rings. The van der Waals surface area contributed by atoms with Gasteiger partial charge < -0.3 is 9.30 Å². The van der Waals surface area contributed by atoms with Gasteiger partial charge in [0.1, 0.15) is 0 Å². The molecule has 3 heterocycles. The Morgan fingerprint density at radius 3 is 2.45 bits per heavy atom. The normalized spacial score (nSPS) is 11.2. The highest BCUT2D eigenvalue weighted by molar-refractivity contribution is 5.99. The molecule has 0 aliphatic rings. The van der Waals surface area contributed by atoms with Crippen molar-refractivity contribution in [2.45, 2.75) is 60.9 Å². The summed E-state index contributed by atoms with van der Waals surface area (Å²) in [4.78, 5) is 29.3. The first-order valence-corrected chi connectivity index (χ1v) is 9.90. The predicted octanol–water partition coefficient (Wildman–Crippen LogP) is 3.45. The van der Waals surface area contributed by atoms with Gasteiger partial charge in [-0.15, -0.1) is 0 Å². The lowest BCUT2D eigenvalue weighted by atomic mass is 10.1. The molecular weight excluding hydrogens is 368 g/mol. The van der Waals surface area contributed by atoms with Crippen LogP contribution in [0.3, 0.4) is 0 Å². The summed E-state index contributed by atoms with van der Waals surface area (Å²) < 4.78 is 9.12. The Morgan fingerprint density at radius 1 is 1.07 bits per heavy atom. The van der Waals surface area contributed by atoms with Crippen molar-refractivity contribution in [2.75, 3.05) is 6.61 Å². The van der Waals surface area contributed by atoms with Crippen LogP contribution in [0.2, 0.25) is 0 Å². The third-order valence-corrected chi connectivity index (χ3v) is 5.42. The van der Waals surface area contributed by atoms with Crippen LogP contribution >= 0.6 is 0 Å². The largest absolute Gasteiger partial charge is 0.457 e. The minimum Gasteiger partial charge on any atom is -0.457 e. The number of esters is 1. The van der Waals surface area contributed by atoms with E-state index in [1.165, 1.54) is 0 Å². The van der Waals surface area contributed by atoms with E-state index in [2.05, 4.69) is 14.6 Å². The fraction of sp³-hybridized carbons (Fsp3) is 0.455. The van der Waals surface area contributed by atoms with Crippen molar-refractivity contribution < 1.29 is 14.3 Å². The number of fused-ring (bicyclic) bond motifs is 1. The van der Waals surface area contributed by atoms with Crippen molar-refractivity contribution in [3.63, 3.8) is 0 Å². The molecule has 0 amide bonds. The number of aryl methyl sites for hydroxylation is 4. The molecule has 0 unspecified atom stereocenters. The monoisotopic (exact) mass is 396 g/mol. The molecule has 0 atom stereocenters. The van der Waals surface area contributed by atoms with Gasteiger partial charge in [-0.05, 0) is 59.6 Å². The van der Waals surface area contributed by atoms with Crippen LogP contribution in [-0.4, -0.2) is 37.5 Å². The summed E-state index contributed by atoms with van der Waals surface area (Å²) in [5.74, 6) is -0.563. The molecule has 3 rings (SSSR count). The highest BCUT2D eigenvalue weighted by Crippen LogP contribution is 2.18. The lowest BCUT2D eigenvalue weighted by molar-refractivity contribution is -0.142. The van der Waals surface area contributed by atoms with E-state index in [4.69, 9.17) is 4.74 Å². The van der Waals surface area contributed by atoms with Gasteiger partial charge in [0.05, 0.1) is 5.69 Å². The third-order valence-electron chi connectivity index (χ3n) is 5.42. The second-order valence-corrected chi connectivity index (χ2v) is 7.43. The summed E-state index contributed by atoms with van der Waals surface area (Å²) in [5, 5.41) is 4.45. The van der Waals surface area contributed by atoms with Gasteiger partial charge >= 0.3 is 5.97 Å². The Kier molecular flexibility index (Phi) is 5.86. The molecule has 0 aromatic carbocycles. The zero-order valence-corrected chi connectivity index (χ0v) is 18.0. The molecule has 0 bridgehead atoms. The van der Waals surface area contributed by atoms with E-state index in [9.17, 15) is 9.59 Å². The molecule has 0 aliphatic heterocycles. The van der Waals surface area contributed by atoms with Gasteiger partial charge in [0.2, 0.25) is 5.78 Å². The van der Waals surface area contributed by atoms with Gasteiger partial charge in [0.15, 0.2) is 12.3 Å². The van der Waals surface area contributed by atoms with Crippen molar-refractivity contribution in [3.8, 4) is 0 Å². The Labute approximate surface area is 170 Å². The molecule has 29 heavy (non-hydrogen) atoms. The van der Waals surface area contributed by atoms with Crippen molar-refractivity contribution in [1.82, 2.24) is 19.2 Å². The maximum atomic E-state index is 12.5. The summed E-state index contributed by atoms with van der Waals surface area (Å²) in [7, 11) is 0. The van der Waals surface area contributed by atoms with E-state index in [0.29, 0.717) is 12.0 Å². The van der Waals surface area contributed by atoms with E-state index in [1.807, 2.05) is 53.7 Å². The number of carbonyl (C=O) groups excluding carboxylic acids is 2. The zero-order valence-electron chi connectivity index (χ0n) is 18.0. The smallest absolute Gasteiger partial charge is 0.306 e. The molecule has 0 N–H and O–H groups in total. The number of rotatable bonds is 7. The summed E-state index contributed by atoms with van der Waals surface area (Å²) in [6.07, 6.45) is 0.688. The van der Waals surface area contributed by atoms with Crippen LogP contribution in [0, 0.1) is 34.6 Å². The molecular formula is C22H28N4O3. The number of ether oxygens (including phenoxy) is 1. The predicted molar refractivity (Wildman–Crippen MR) is 110 cm³/mol. The van der Waals surface area contributed by atoms with Gasteiger partial charge in [0.25, 0.3) is 0 Å². The van der Waals surface area contributed by atoms with E-state index in [1.54, 1.807) is 4.52 Å². The van der Waals surface area contributed by atoms with Crippen LogP contribution in [0.1, 0.15) is 57.7 Å². The van der Waals surface area contributed by atoms with E-state index >= 15 is 0 Å². The van der Waals surface area contributed by atoms with Crippen LogP contribution in [0.15, 0.2) is 12.1 Å². The maximum Gasteiger partial charge on any atom is 0.306 e. The minimum absolute atomic E-state index is 0.173. The number of hydrogen-bond donors (Lipinski definition) is 0. The lowest BCUT2D eigenvalue weighted by Crippen LogP contribution is -2.16. The number of Topliss-reactive ketones (excluding diaryl/α,β-unsaturated/α-hetero) is 1. The quantitative estimate of drug-likeness (QED) is 0.451. The summed E-state index contributed by atoms with van der Waals surface area (Å²) in [5.41, 5.74) is 7.09. The van der Waals surface area contributed by atoms with E-state index < -0.39 is 5.97 Å². The van der Waals surface area contributed by atoms with Crippen molar-refractivity contribution in [1.29, 1.82) is 0 Å². The molecule has 0 saturated heterocycles. The first-order valence-electron chi connectivity index (χ1n) is 9.90. The molecule has 0 aliphatic carbocycles. The number of carbonyl (C=O) groups is 2. The van der Waals surface area contributed by atoms with Gasteiger partial charge in [-0.1, -0.05) is 0 Å². The maximum absolute atomic E-state index is 12.5. The lowest BCUT2D eigenvalue weighted by Gasteiger charge is -2.11. The van der Waals surface area contributed by atoms with E-state index in [0.717, 1.165) is 46.2 Å². The van der Waals surface area contributed by atoms with E-state index in [-0.39, 0.29) is 18.8 Å². The molecule has 7 nitrogen and oxygen atoms in total. The Morgan fingerprint density at radius 2 is 1.79 bits per heavy atom. The number of ketones is 1. The van der Waals surface area contributed by atoms with Crippen LogP contribution in [0.5, 0.6) is 0 Å². The Hall–Kier alpha value is -2.96. The SMILES string of the molecule is CCn1c(C)cc(C(=O)COC(=O)CCc2c(C)nc3cc(C)nn3c2C)c1C. The van der Waals surface area contributed by atoms with Crippen LogP contribution in [-0.2, 0) is 22.5 Å². The zero-order chi connectivity index (χ0) is 21.3. The van der Waals surface area contributed by atoms with Crippen LogP contribution in [0.4, 0.5) is 0 Å². The summed E-state index contributed by atoms with van der Waals surface area (Å²) in [6, 6.07) is 3.79. The van der Waals surface area contributed by atoms with Crippen LogP contribution in [0.25, 0.3) is 5.65 Å². The summed E-state index contributed by atoms with van der Waals surface area (Å²) >= 11 is 0. The second-order valence-electron chi connectivity index (χ2n) is 7.43. The molecule has 0 fully saturated rings. The van der Waals surface area contributed by atoms with Gasteiger partial charge in [-0.25, -0.2) is 9.50 Å². The fourth-order valence-corrected chi connectivity index (χ4v) is 3.90. The Bertz CT molecular complexity index is 1090. The first-order chi connectivity index (χ1) is 13.7. The second kappa shape index (κ2) is 8.19. The van der Waals surface area contributed by atoms with Gasteiger partial charge in [-0.3, -0.25) is 9.59 Å². The topological polar surface area (TPSA) is 78.5 Å². The minimum atomic E-state index is -0.391. The molecule has 0 saturated carbocycles. The van der Waals surface area contributed by atoms with Crippen molar-refractivity contribution >= 4 is 17.4 Å². The number of aromatic nitrogens is 4. The van der Waals surface area contributed by atoms with Gasteiger partial charge in [0, 0.05) is 47.4 Å². The summed E-state index contributed by atoms with van der Waals surface area (Å²) in [6.45, 7) is 12.3. The van der Waals surface area contributed by atoms with Gasteiger partial charge in [-0.2, -0.15) is 5.10 Å². The Balaban J connectivity index is 1.62. The average molecular weight is 396 g/mol. The molecule has 3 aromatic heterocycles. The highest BCUT2D eigenvalue weighted by Gasteiger charge is 2.18. The molecule has 0 spiro atoms. The molecule has 0 radical (unpaired) electrons. The van der Waals surface area contributed by atoms with Crippen molar-refractivity contribution in [2.24, 2.45) is 0 Å². The standard InChI is InChI=1S/C22H28N4O3/c1-7-25-14(3)11-19(16(25)5)20(27)12-29-22(28)9-8-18-15(4)23-21-10-13(2)24-26(21)17(18)6/h10-11H,7-9,12H2,1-6H3. The molecule has 7 heteroatoms. The van der Waals surface area contributed by atoms with Crippen molar-refractivity contribution in [3.05, 3.63) is 51.7 Å². The average Bonchev–Trinajstić information content (AvgIpc) is 3.18. The number of hydrogen-bond acceptors (Lipinski definition) is 5. The molecule has 154 valence electrons. The number of nitrogens with zero attached hydrogens (tertiary/aromatic N) is 4. The van der Waals surface area contributed by atoms with Crippen LogP contribution < -0.4 is 0 Å². The highest BCUT2D eigenvalue weighted by atomic mass is 16.5. The third kappa shape index (κ3) is 4.09.